The molecule has 0 saturated carbocycles. The maximum absolute atomic E-state index is 12.8. The highest BCUT2D eigenvalue weighted by molar-refractivity contribution is 8.26. The smallest absolute Gasteiger partial charge is 0.326 e. The number of thioether (sulfide) groups is 1. The molecular formula is C25H27NO5S2. The van der Waals surface area contributed by atoms with Crippen molar-refractivity contribution < 1.29 is 23.8 Å². The van der Waals surface area contributed by atoms with E-state index in [1.165, 1.54) is 10.5 Å². The Labute approximate surface area is 203 Å². The van der Waals surface area contributed by atoms with Crippen LogP contribution in [0.2, 0.25) is 0 Å². The van der Waals surface area contributed by atoms with Crippen LogP contribution in [-0.2, 0) is 20.7 Å². The maximum Gasteiger partial charge on any atom is 0.326 e. The molecule has 33 heavy (non-hydrogen) atoms. The number of methoxy groups -OCH3 is 1. The first-order valence-corrected chi connectivity index (χ1v) is 11.9. The number of rotatable bonds is 10. The second kappa shape index (κ2) is 11.9. The van der Waals surface area contributed by atoms with E-state index in [1.54, 1.807) is 19.3 Å². The van der Waals surface area contributed by atoms with Gasteiger partial charge in [-0.25, -0.2) is 0 Å². The molecule has 0 unspecified atom stereocenters. The highest BCUT2D eigenvalue weighted by atomic mass is 32.2. The van der Waals surface area contributed by atoms with Gasteiger partial charge in [-0.05, 0) is 35.3 Å². The topological polar surface area (TPSA) is 65.1 Å². The van der Waals surface area contributed by atoms with Crippen LogP contribution in [-0.4, -0.2) is 48.0 Å². The van der Waals surface area contributed by atoms with Gasteiger partial charge in [0.2, 0.25) is 0 Å². The van der Waals surface area contributed by atoms with Gasteiger partial charge in [0.15, 0.2) is 11.5 Å². The number of carbonyl (C=O) groups is 2. The second-order valence-corrected chi connectivity index (χ2v) is 9.51. The van der Waals surface area contributed by atoms with Crippen LogP contribution >= 0.6 is 24.0 Å². The predicted molar refractivity (Wildman–Crippen MR) is 134 cm³/mol. The summed E-state index contributed by atoms with van der Waals surface area (Å²) in [6.45, 7) is 4.54. The molecule has 0 aliphatic carbocycles. The molecule has 1 fully saturated rings. The SMILES string of the molecule is COc1cc(/C=C2\SC(=S)N(CC(=O)OCC(C)C)C2=O)ccc1OCCc1ccccc1. The van der Waals surface area contributed by atoms with Gasteiger partial charge in [-0.3, -0.25) is 14.5 Å². The Hall–Kier alpha value is -2.84. The number of thiocarbonyl (C=S) groups is 1. The molecule has 0 spiro atoms. The molecule has 0 aromatic heterocycles. The van der Waals surface area contributed by atoms with Crippen molar-refractivity contribution in [2.75, 3.05) is 26.9 Å². The van der Waals surface area contributed by atoms with Crippen LogP contribution in [0.25, 0.3) is 6.08 Å². The van der Waals surface area contributed by atoms with Crippen LogP contribution in [0.15, 0.2) is 53.4 Å². The molecule has 1 aliphatic heterocycles. The number of benzene rings is 2. The van der Waals surface area contributed by atoms with Crippen LogP contribution in [0.5, 0.6) is 11.5 Å². The third-order valence-corrected chi connectivity index (χ3v) is 6.09. The lowest BCUT2D eigenvalue weighted by Gasteiger charge is -2.14. The van der Waals surface area contributed by atoms with Crippen LogP contribution in [0, 0.1) is 5.92 Å². The van der Waals surface area contributed by atoms with Gasteiger partial charge in [0.1, 0.15) is 10.9 Å². The van der Waals surface area contributed by atoms with E-state index in [1.807, 2.05) is 44.2 Å². The number of carbonyl (C=O) groups excluding carboxylic acids is 2. The van der Waals surface area contributed by atoms with Crippen molar-refractivity contribution in [2.24, 2.45) is 5.92 Å². The molecule has 2 aromatic rings. The number of nitrogens with zero attached hydrogens (tertiary/aromatic N) is 1. The van der Waals surface area contributed by atoms with Gasteiger partial charge in [-0.15, -0.1) is 0 Å². The molecule has 0 atom stereocenters. The van der Waals surface area contributed by atoms with Gasteiger partial charge < -0.3 is 14.2 Å². The van der Waals surface area contributed by atoms with E-state index in [0.29, 0.717) is 33.9 Å². The first-order chi connectivity index (χ1) is 15.9. The van der Waals surface area contributed by atoms with Crippen molar-refractivity contribution in [3.8, 4) is 11.5 Å². The molecule has 8 heteroatoms. The van der Waals surface area contributed by atoms with Crippen molar-refractivity contribution in [1.82, 2.24) is 4.90 Å². The Kier molecular flexibility index (Phi) is 8.91. The van der Waals surface area contributed by atoms with Crippen LogP contribution in [0.3, 0.4) is 0 Å². The fraction of sp³-hybridized carbons (Fsp3) is 0.320. The molecule has 3 rings (SSSR count). The molecular weight excluding hydrogens is 458 g/mol. The number of hydrogen-bond donors (Lipinski definition) is 0. The Balaban J connectivity index is 1.64. The van der Waals surface area contributed by atoms with E-state index >= 15 is 0 Å². The van der Waals surface area contributed by atoms with E-state index < -0.39 is 5.97 Å². The van der Waals surface area contributed by atoms with Crippen molar-refractivity contribution >= 4 is 46.3 Å². The van der Waals surface area contributed by atoms with Gasteiger partial charge in [0.05, 0.1) is 25.2 Å². The zero-order valence-electron chi connectivity index (χ0n) is 18.9. The zero-order valence-corrected chi connectivity index (χ0v) is 20.5. The van der Waals surface area contributed by atoms with Crippen molar-refractivity contribution in [1.29, 1.82) is 0 Å². The summed E-state index contributed by atoms with van der Waals surface area (Å²) in [5, 5.41) is 0. The van der Waals surface area contributed by atoms with E-state index in [4.69, 9.17) is 26.4 Å². The third kappa shape index (κ3) is 7.07. The van der Waals surface area contributed by atoms with E-state index in [0.717, 1.165) is 23.7 Å². The first kappa shape index (κ1) is 24.8. The fourth-order valence-electron chi connectivity index (χ4n) is 3.04. The standard InChI is InChI=1S/C25H27NO5S2/c1-17(2)16-31-23(27)15-26-24(28)22(33-25(26)32)14-19-9-10-20(21(13-19)29-3)30-12-11-18-7-5-4-6-8-18/h4-10,13-14,17H,11-12,15-16H2,1-3H3/b22-14-. The Morgan fingerprint density at radius 1 is 1.15 bits per heavy atom. The van der Waals surface area contributed by atoms with Gasteiger partial charge in [-0.2, -0.15) is 0 Å². The minimum absolute atomic E-state index is 0.188. The lowest BCUT2D eigenvalue weighted by molar-refractivity contribution is -0.147. The highest BCUT2D eigenvalue weighted by Gasteiger charge is 2.33. The summed E-state index contributed by atoms with van der Waals surface area (Å²) in [6.07, 6.45) is 2.52. The van der Waals surface area contributed by atoms with Gasteiger partial charge >= 0.3 is 5.97 Å². The predicted octanol–water partition coefficient (Wildman–Crippen LogP) is 4.72. The summed E-state index contributed by atoms with van der Waals surface area (Å²) in [6, 6.07) is 15.6. The highest BCUT2D eigenvalue weighted by Crippen LogP contribution is 2.34. The summed E-state index contributed by atoms with van der Waals surface area (Å²) in [5.74, 6) is 0.643. The molecule has 174 valence electrons. The maximum atomic E-state index is 12.8. The molecule has 1 heterocycles. The second-order valence-electron chi connectivity index (χ2n) is 7.84. The van der Waals surface area contributed by atoms with Crippen molar-refractivity contribution in [3.63, 3.8) is 0 Å². The third-order valence-electron chi connectivity index (χ3n) is 4.72. The molecule has 0 bridgehead atoms. The minimum Gasteiger partial charge on any atom is -0.493 e. The monoisotopic (exact) mass is 485 g/mol. The summed E-state index contributed by atoms with van der Waals surface area (Å²) in [5.41, 5.74) is 1.97. The van der Waals surface area contributed by atoms with Gasteiger partial charge in [-0.1, -0.05) is 74.2 Å². The fourth-order valence-corrected chi connectivity index (χ4v) is 4.29. The number of ether oxygens (including phenoxy) is 3. The van der Waals surface area contributed by atoms with Gasteiger partial charge in [0, 0.05) is 6.42 Å². The van der Waals surface area contributed by atoms with Crippen molar-refractivity contribution in [3.05, 3.63) is 64.6 Å². The summed E-state index contributed by atoms with van der Waals surface area (Å²) < 4.78 is 16.9. The molecule has 0 N–H and O–H groups in total. The molecule has 0 radical (unpaired) electrons. The van der Waals surface area contributed by atoms with Crippen LogP contribution in [0.1, 0.15) is 25.0 Å². The largest absolute Gasteiger partial charge is 0.493 e. The quantitative estimate of drug-likeness (QED) is 0.274. The molecule has 1 amide bonds. The summed E-state index contributed by atoms with van der Waals surface area (Å²) >= 11 is 6.46. The lowest BCUT2D eigenvalue weighted by Crippen LogP contribution is -2.34. The number of amides is 1. The summed E-state index contributed by atoms with van der Waals surface area (Å²) in [7, 11) is 1.57. The first-order valence-electron chi connectivity index (χ1n) is 10.6. The molecule has 2 aromatic carbocycles. The van der Waals surface area contributed by atoms with E-state index in [9.17, 15) is 9.59 Å². The van der Waals surface area contributed by atoms with Gasteiger partial charge in [0.25, 0.3) is 5.91 Å². The molecule has 1 saturated heterocycles. The Bertz CT molecular complexity index is 1040. The number of hydrogen-bond acceptors (Lipinski definition) is 7. The minimum atomic E-state index is -0.472. The van der Waals surface area contributed by atoms with E-state index in [-0.39, 0.29) is 18.4 Å². The average Bonchev–Trinajstić information content (AvgIpc) is 3.06. The van der Waals surface area contributed by atoms with Crippen LogP contribution < -0.4 is 9.47 Å². The molecule has 1 aliphatic rings. The Morgan fingerprint density at radius 3 is 2.61 bits per heavy atom. The number of esters is 1. The van der Waals surface area contributed by atoms with Crippen molar-refractivity contribution in [2.45, 2.75) is 20.3 Å². The van der Waals surface area contributed by atoms with Crippen LogP contribution in [0.4, 0.5) is 0 Å². The lowest BCUT2D eigenvalue weighted by atomic mass is 10.1. The average molecular weight is 486 g/mol. The normalized spacial score (nSPS) is 14.8. The Morgan fingerprint density at radius 2 is 1.91 bits per heavy atom. The summed E-state index contributed by atoms with van der Waals surface area (Å²) in [4.78, 5) is 26.5. The zero-order chi connectivity index (χ0) is 23.8. The molecule has 6 nitrogen and oxygen atoms in total. The van der Waals surface area contributed by atoms with E-state index in [2.05, 4.69) is 12.1 Å².